The van der Waals surface area contributed by atoms with E-state index in [9.17, 15) is 17.6 Å². The van der Waals surface area contributed by atoms with Crippen molar-refractivity contribution < 1.29 is 22.3 Å². The molecule has 0 aromatic heterocycles. The van der Waals surface area contributed by atoms with E-state index < -0.39 is 27.3 Å². The number of benzene rings is 2. The quantitative estimate of drug-likeness (QED) is 0.791. The van der Waals surface area contributed by atoms with Crippen molar-refractivity contribution in [2.75, 3.05) is 18.2 Å². The predicted molar refractivity (Wildman–Crippen MR) is 89.7 cm³/mol. The van der Waals surface area contributed by atoms with Crippen LogP contribution in [-0.2, 0) is 14.6 Å². The Morgan fingerprint density at radius 3 is 2.50 bits per heavy atom. The minimum atomic E-state index is -3.67. The molecular weight excluding hydrogens is 357 g/mol. The van der Waals surface area contributed by atoms with Crippen LogP contribution in [0.4, 0.5) is 10.1 Å². The molecule has 0 aliphatic carbocycles. The van der Waals surface area contributed by atoms with Gasteiger partial charge in [-0.15, -0.1) is 0 Å². The molecule has 2 rings (SSSR count). The zero-order valence-electron chi connectivity index (χ0n) is 12.8. The average Bonchev–Trinajstić information content (AvgIpc) is 2.54. The summed E-state index contributed by atoms with van der Waals surface area (Å²) in [5.41, 5.74) is 0.356. The van der Waals surface area contributed by atoms with Crippen molar-refractivity contribution in [2.24, 2.45) is 0 Å². The SMILES string of the molecule is COc1ccc(Cl)cc1NC(=O)CCS(=O)(=O)c1ccc(F)cc1. The molecule has 0 radical (unpaired) electrons. The molecule has 5 nitrogen and oxygen atoms in total. The van der Waals surface area contributed by atoms with E-state index in [4.69, 9.17) is 16.3 Å². The first-order valence-corrected chi connectivity index (χ1v) is 8.96. The van der Waals surface area contributed by atoms with Crippen LogP contribution < -0.4 is 10.1 Å². The highest BCUT2D eigenvalue weighted by molar-refractivity contribution is 7.91. The maximum absolute atomic E-state index is 12.9. The van der Waals surface area contributed by atoms with Crippen LogP contribution in [0.5, 0.6) is 5.75 Å². The molecule has 0 fully saturated rings. The van der Waals surface area contributed by atoms with Crippen molar-refractivity contribution >= 4 is 33.0 Å². The molecule has 2 aromatic rings. The zero-order chi connectivity index (χ0) is 17.7. The second-order valence-electron chi connectivity index (χ2n) is 4.92. The molecule has 128 valence electrons. The molecule has 0 aliphatic rings. The van der Waals surface area contributed by atoms with E-state index in [1.54, 1.807) is 12.1 Å². The van der Waals surface area contributed by atoms with Crippen LogP contribution in [0, 0.1) is 5.82 Å². The van der Waals surface area contributed by atoms with E-state index in [0.29, 0.717) is 16.5 Å². The van der Waals surface area contributed by atoms with Gasteiger partial charge in [-0.1, -0.05) is 11.6 Å². The Morgan fingerprint density at radius 1 is 1.21 bits per heavy atom. The van der Waals surface area contributed by atoms with E-state index in [1.807, 2.05) is 0 Å². The monoisotopic (exact) mass is 371 g/mol. The fraction of sp³-hybridized carbons (Fsp3) is 0.188. The van der Waals surface area contributed by atoms with Gasteiger partial charge in [0.15, 0.2) is 9.84 Å². The lowest BCUT2D eigenvalue weighted by molar-refractivity contribution is -0.115. The molecule has 0 aliphatic heterocycles. The summed E-state index contributed by atoms with van der Waals surface area (Å²) >= 11 is 5.87. The Balaban J connectivity index is 2.03. The fourth-order valence-electron chi connectivity index (χ4n) is 1.98. The summed E-state index contributed by atoms with van der Waals surface area (Å²) in [4.78, 5) is 12.0. The van der Waals surface area contributed by atoms with Gasteiger partial charge in [-0.3, -0.25) is 4.79 Å². The van der Waals surface area contributed by atoms with Crippen LogP contribution in [0.25, 0.3) is 0 Å². The Labute approximate surface area is 144 Å². The van der Waals surface area contributed by atoms with Crippen molar-refractivity contribution in [3.8, 4) is 5.75 Å². The molecule has 1 N–H and O–H groups in total. The molecule has 0 unspecified atom stereocenters. The van der Waals surface area contributed by atoms with E-state index >= 15 is 0 Å². The summed E-state index contributed by atoms with van der Waals surface area (Å²) in [6.07, 6.45) is -0.255. The molecule has 1 amide bonds. The molecule has 0 spiro atoms. The number of carbonyl (C=O) groups is 1. The first kappa shape index (κ1) is 18.2. The minimum absolute atomic E-state index is 0.0305. The summed E-state index contributed by atoms with van der Waals surface area (Å²) in [5.74, 6) is -1.01. The van der Waals surface area contributed by atoms with Gasteiger partial charge in [0.1, 0.15) is 11.6 Å². The Bertz CT molecular complexity index is 838. The second-order valence-corrected chi connectivity index (χ2v) is 7.46. The average molecular weight is 372 g/mol. The van der Waals surface area contributed by atoms with Crippen LogP contribution in [0.2, 0.25) is 5.02 Å². The van der Waals surface area contributed by atoms with Crippen molar-refractivity contribution in [3.63, 3.8) is 0 Å². The number of methoxy groups -OCH3 is 1. The maximum atomic E-state index is 12.9. The van der Waals surface area contributed by atoms with Gasteiger partial charge in [0.25, 0.3) is 0 Å². The molecular formula is C16H15ClFNO4S. The largest absolute Gasteiger partial charge is 0.495 e. The van der Waals surface area contributed by atoms with Gasteiger partial charge in [-0.05, 0) is 42.5 Å². The van der Waals surface area contributed by atoms with Gasteiger partial charge < -0.3 is 10.1 Å². The normalized spacial score (nSPS) is 11.1. The molecule has 0 heterocycles. The van der Waals surface area contributed by atoms with Gasteiger partial charge in [-0.25, -0.2) is 12.8 Å². The Kier molecular flexibility index (Phi) is 5.80. The second kappa shape index (κ2) is 7.63. The van der Waals surface area contributed by atoms with E-state index in [2.05, 4.69) is 5.32 Å². The highest BCUT2D eigenvalue weighted by atomic mass is 35.5. The number of carbonyl (C=O) groups excluding carboxylic acids is 1. The number of anilines is 1. The van der Waals surface area contributed by atoms with Crippen LogP contribution in [0.1, 0.15) is 6.42 Å². The van der Waals surface area contributed by atoms with Gasteiger partial charge in [0, 0.05) is 11.4 Å². The minimum Gasteiger partial charge on any atom is -0.495 e. The number of sulfone groups is 1. The number of ether oxygens (including phenoxy) is 1. The van der Waals surface area contributed by atoms with E-state index in [0.717, 1.165) is 12.1 Å². The molecule has 0 saturated carbocycles. The number of hydrogen-bond acceptors (Lipinski definition) is 4. The van der Waals surface area contributed by atoms with Crippen LogP contribution in [0.15, 0.2) is 47.4 Å². The molecule has 0 bridgehead atoms. The lowest BCUT2D eigenvalue weighted by Gasteiger charge is -2.10. The lowest BCUT2D eigenvalue weighted by atomic mass is 10.3. The smallest absolute Gasteiger partial charge is 0.225 e. The third-order valence-electron chi connectivity index (χ3n) is 3.21. The van der Waals surface area contributed by atoms with Crippen LogP contribution in [-0.4, -0.2) is 27.2 Å². The van der Waals surface area contributed by atoms with Gasteiger partial charge >= 0.3 is 0 Å². The maximum Gasteiger partial charge on any atom is 0.225 e. The van der Waals surface area contributed by atoms with Crippen LogP contribution in [0.3, 0.4) is 0 Å². The number of rotatable bonds is 6. The molecule has 8 heteroatoms. The van der Waals surface area contributed by atoms with E-state index in [-0.39, 0.29) is 11.3 Å². The third kappa shape index (κ3) is 4.69. The van der Waals surface area contributed by atoms with Crippen molar-refractivity contribution in [1.29, 1.82) is 0 Å². The molecule has 2 aromatic carbocycles. The molecule has 0 saturated heterocycles. The Hall–Kier alpha value is -2.12. The lowest BCUT2D eigenvalue weighted by Crippen LogP contribution is -2.17. The third-order valence-corrected chi connectivity index (χ3v) is 5.17. The predicted octanol–water partition coefficient (Wildman–Crippen LogP) is 3.29. The number of nitrogens with one attached hydrogen (secondary N) is 1. The number of amides is 1. The zero-order valence-corrected chi connectivity index (χ0v) is 14.3. The first-order chi connectivity index (χ1) is 11.3. The standard InChI is InChI=1S/C16H15ClFNO4S/c1-23-15-7-2-11(17)10-14(15)19-16(20)8-9-24(21,22)13-5-3-12(18)4-6-13/h2-7,10H,8-9H2,1H3,(H,19,20). The van der Waals surface area contributed by atoms with Gasteiger partial charge in [0.05, 0.1) is 23.4 Å². The van der Waals surface area contributed by atoms with Crippen molar-refractivity contribution in [1.82, 2.24) is 0 Å². The van der Waals surface area contributed by atoms with Gasteiger partial charge in [0.2, 0.25) is 5.91 Å². The highest BCUT2D eigenvalue weighted by Crippen LogP contribution is 2.27. The summed E-state index contributed by atoms with van der Waals surface area (Å²) in [6, 6.07) is 9.16. The van der Waals surface area contributed by atoms with Gasteiger partial charge in [-0.2, -0.15) is 0 Å². The van der Waals surface area contributed by atoms with Crippen molar-refractivity contribution in [3.05, 3.63) is 53.3 Å². The van der Waals surface area contributed by atoms with E-state index in [1.165, 1.54) is 25.3 Å². The number of hydrogen-bond donors (Lipinski definition) is 1. The summed E-state index contributed by atoms with van der Waals surface area (Å²) in [7, 11) is -2.23. The summed E-state index contributed by atoms with van der Waals surface area (Å²) in [6.45, 7) is 0. The highest BCUT2D eigenvalue weighted by Gasteiger charge is 2.17. The Morgan fingerprint density at radius 2 is 1.88 bits per heavy atom. The summed E-state index contributed by atoms with van der Waals surface area (Å²) in [5, 5.41) is 2.97. The molecule has 0 atom stereocenters. The fourth-order valence-corrected chi connectivity index (χ4v) is 3.39. The summed E-state index contributed by atoms with van der Waals surface area (Å²) < 4.78 is 42.2. The molecule has 24 heavy (non-hydrogen) atoms. The van der Waals surface area contributed by atoms with Crippen molar-refractivity contribution in [2.45, 2.75) is 11.3 Å². The number of halogens is 2. The topological polar surface area (TPSA) is 72.5 Å². The first-order valence-electron chi connectivity index (χ1n) is 6.93. The van der Waals surface area contributed by atoms with Crippen LogP contribution >= 0.6 is 11.6 Å².